The summed E-state index contributed by atoms with van der Waals surface area (Å²) in [4.78, 5) is 12.6. The first-order chi connectivity index (χ1) is 13.8. The highest BCUT2D eigenvalue weighted by molar-refractivity contribution is 5.77. The molecule has 5 heteroatoms. The molecule has 1 atom stereocenters. The van der Waals surface area contributed by atoms with E-state index >= 15 is 0 Å². The summed E-state index contributed by atoms with van der Waals surface area (Å²) in [7, 11) is 0. The van der Waals surface area contributed by atoms with Gasteiger partial charge in [0.2, 0.25) is 5.91 Å². The van der Waals surface area contributed by atoms with Gasteiger partial charge in [-0.2, -0.15) is 5.10 Å². The number of carbonyl (C=O) groups excluding carboxylic acids is 1. The second-order valence-electron chi connectivity index (χ2n) is 6.56. The van der Waals surface area contributed by atoms with Crippen LogP contribution in [0, 0.1) is 0 Å². The van der Waals surface area contributed by atoms with E-state index in [1.165, 1.54) is 0 Å². The summed E-state index contributed by atoms with van der Waals surface area (Å²) < 4.78 is 7.36. The van der Waals surface area contributed by atoms with Crippen LogP contribution < -0.4 is 5.32 Å². The summed E-state index contributed by atoms with van der Waals surface area (Å²) in [5.41, 5.74) is 3.01. The molecular formula is C23H21N3O2. The third-order valence-electron chi connectivity index (χ3n) is 4.56. The van der Waals surface area contributed by atoms with Crippen LogP contribution in [-0.4, -0.2) is 15.7 Å². The zero-order valence-electron chi connectivity index (χ0n) is 15.4. The number of amides is 1. The van der Waals surface area contributed by atoms with Gasteiger partial charge >= 0.3 is 0 Å². The molecule has 2 aromatic heterocycles. The Labute approximate surface area is 163 Å². The van der Waals surface area contributed by atoms with Gasteiger partial charge in [0.05, 0.1) is 18.1 Å². The molecule has 2 heterocycles. The lowest BCUT2D eigenvalue weighted by molar-refractivity contribution is -0.121. The van der Waals surface area contributed by atoms with Gasteiger partial charge in [0, 0.05) is 12.6 Å². The highest BCUT2D eigenvalue weighted by Gasteiger charge is 2.19. The molecule has 1 amide bonds. The highest BCUT2D eigenvalue weighted by atomic mass is 16.3. The molecule has 140 valence electrons. The molecule has 0 aliphatic rings. The van der Waals surface area contributed by atoms with Crippen LogP contribution in [0.1, 0.15) is 29.3 Å². The smallest absolute Gasteiger partial charge is 0.221 e. The summed E-state index contributed by atoms with van der Waals surface area (Å²) in [6.07, 6.45) is 6.39. The van der Waals surface area contributed by atoms with Crippen molar-refractivity contribution < 1.29 is 9.21 Å². The number of hydrogen-bond donors (Lipinski definition) is 1. The van der Waals surface area contributed by atoms with E-state index in [1.54, 1.807) is 6.26 Å². The molecule has 1 unspecified atom stereocenters. The van der Waals surface area contributed by atoms with Crippen molar-refractivity contribution in [3.05, 3.63) is 108 Å². The van der Waals surface area contributed by atoms with E-state index in [1.807, 2.05) is 89.9 Å². The Morgan fingerprint density at radius 2 is 1.75 bits per heavy atom. The van der Waals surface area contributed by atoms with Crippen LogP contribution in [0.2, 0.25) is 0 Å². The van der Waals surface area contributed by atoms with E-state index in [4.69, 9.17) is 4.42 Å². The first kappa shape index (κ1) is 17.8. The average molecular weight is 371 g/mol. The summed E-state index contributed by atoms with van der Waals surface area (Å²) >= 11 is 0. The first-order valence-corrected chi connectivity index (χ1v) is 9.26. The van der Waals surface area contributed by atoms with Crippen molar-refractivity contribution in [2.75, 3.05) is 0 Å². The number of furan rings is 1. The number of nitrogens with one attached hydrogen (secondary N) is 1. The molecule has 0 bridgehead atoms. The van der Waals surface area contributed by atoms with Crippen LogP contribution in [0.5, 0.6) is 0 Å². The Morgan fingerprint density at radius 1 is 1.00 bits per heavy atom. The van der Waals surface area contributed by atoms with E-state index in [0.717, 1.165) is 22.6 Å². The average Bonchev–Trinajstić information content (AvgIpc) is 3.44. The number of hydrogen-bond acceptors (Lipinski definition) is 3. The molecule has 0 saturated heterocycles. The van der Waals surface area contributed by atoms with Crippen LogP contribution in [-0.2, 0) is 11.2 Å². The van der Waals surface area contributed by atoms with E-state index in [-0.39, 0.29) is 11.9 Å². The van der Waals surface area contributed by atoms with Crippen molar-refractivity contribution in [3.8, 4) is 5.69 Å². The molecule has 5 nitrogen and oxygen atoms in total. The normalized spacial score (nSPS) is 11.9. The minimum atomic E-state index is -0.296. The Morgan fingerprint density at radius 3 is 2.46 bits per heavy atom. The van der Waals surface area contributed by atoms with Gasteiger partial charge < -0.3 is 9.73 Å². The van der Waals surface area contributed by atoms with Gasteiger partial charge in [-0.05, 0) is 41.8 Å². The first-order valence-electron chi connectivity index (χ1n) is 9.26. The minimum Gasteiger partial charge on any atom is -0.467 e. The van der Waals surface area contributed by atoms with E-state index < -0.39 is 0 Å². The van der Waals surface area contributed by atoms with Crippen LogP contribution in [0.4, 0.5) is 0 Å². The zero-order valence-corrected chi connectivity index (χ0v) is 15.4. The predicted octanol–water partition coefficient (Wildman–Crippen LogP) is 4.30. The quantitative estimate of drug-likeness (QED) is 0.527. The van der Waals surface area contributed by atoms with Crippen molar-refractivity contribution in [2.24, 2.45) is 0 Å². The van der Waals surface area contributed by atoms with Crippen LogP contribution in [0.15, 0.2) is 95.9 Å². The van der Waals surface area contributed by atoms with Gasteiger partial charge in [-0.25, -0.2) is 4.68 Å². The van der Waals surface area contributed by atoms with Gasteiger partial charge in [-0.15, -0.1) is 0 Å². The van der Waals surface area contributed by atoms with Crippen molar-refractivity contribution in [2.45, 2.75) is 18.9 Å². The Hall–Kier alpha value is -3.60. The summed E-state index contributed by atoms with van der Waals surface area (Å²) in [5, 5.41) is 7.47. The molecule has 1 N–H and O–H groups in total. The second-order valence-corrected chi connectivity index (χ2v) is 6.56. The van der Waals surface area contributed by atoms with Crippen molar-refractivity contribution in [1.82, 2.24) is 15.1 Å². The molecule has 4 aromatic rings. The predicted molar refractivity (Wildman–Crippen MR) is 107 cm³/mol. The Balaban J connectivity index is 1.40. The molecule has 0 fully saturated rings. The molecule has 0 saturated carbocycles. The summed E-state index contributed by atoms with van der Waals surface area (Å²) in [5.74, 6) is 0.689. The third kappa shape index (κ3) is 4.20. The van der Waals surface area contributed by atoms with Crippen molar-refractivity contribution in [3.63, 3.8) is 0 Å². The lowest BCUT2D eigenvalue weighted by Gasteiger charge is -2.17. The number of para-hydroxylation sites is 1. The van der Waals surface area contributed by atoms with E-state index in [2.05, 4.69) is 10.4 Å². The number of aromatic nitrogens is 2. The van der Waals surface area contributed by atoms with Gasteiger partial charge in [-0.1, -0.05) is 48.5 Å². The van der Waals surface area contributed by atoms with E-state index in [0.29, 0.717) is 12.8 Å². The lowest BCUT2D eigenvalue weighted by atomic mass is 10.0. The SMILES string of the molecule is O=C(CCc1cnn(-c2ccccc2)c1)NC(c1ccccc1)c1ccco1. The van der Waals surface area contributed by atoms with Crippen LogP contribution in [0.25, 0.3) is 5.69 Å². The Bertz CT molecular complexity index is 1010. The largest absolute Gasteiger partial charge is 0.467 e. The molecular weight excluding hydrogens is 350 g/mol. The van der Waals surface area contributed by atoms with Crippen molar-refractivity contribution in [1.29, 1.82) is 0 Å². The number of rotatable bonds is 7. The van der Waals surface area contributed by atoms with Gasteiger partial charge in [0.25, 0.3) is 0 Å². The topological polar surface area (TPSA) is 60.1 Å². The summed E-state index contributed by atoms with van der Waals surface area (Å²) in [6, 6.07) is 23.2. The third-order valence-corrected chi connectivity index (χ3v) is 4.56. The number of aryl methyl sites for hydroxylation is 1. The second kappa shape index (κ2) is 8.39. The molecule has 0 aliphatic heterocycles. The number of carbonyl (C=O) groups is 1. The van der Waals surface area contributed by atoms with Gasteiger partial charge in [0.15, 0.2) is 0 Å². The molecule has 0 spiro atoms. The molecule has 0 radical (unpaired) electrons. The Kier molecular flexibility index (Phi) is 5.33. The monoisotopic (exact) mass is 371 g/mol. The minimum absolute atomic E-state index is 0.0299. The van der Waals surface area contributed by atoms with Crippen molar-refractivity contribution >= 4 is 5.91 Å². The highest BCUT2D eigenvalue weighted by Crippen LogP contribution is 2.22. The standard InChI is InChI=1S/C23H21N3O2/c27-22(14-13-18-16-24-26(17-18)20-10-5-2-6-11-20)25-23(21-12-7-15-28-21)19-8-3-1-4-9-19/h1-12,15-17,23H,13-14H2,(H,25,27). The van der Waals surface area contributed by atoms with Crippen LogP contribution >= 0.6 is 0 Å². The zero-order chi connectivity index (χ0) is 19.2. The maximum Gasteiger partial charge on any atom is 0.221 e. The molecule has 0 aliphatic carbocycles. The molecule has 2 aromatic carbocycles. The summed E-state index contributed by atoms with van der Waals surface area (Å²) in [6.45, 7) is 0. The maximum atomic E-state index is 12.6. The van der Waals surface area contributed by atoms with Gasteiger partial charge in [0.1, 0.15) is 11.8 Å². The fraction of sp³-hybridized carbons (Fsp3) is 0.130. The fourth-order valence-electron chi connectivity index (χ4n) is 3.12. The van der Waals surface area contributed by atoms with E-state index in [9.17, 15) is 4.79 Å². The van der Waals surface area contributed by atoms with Gasteiger partial charge in [-0.3, -0.25) is 4.79 Å². The maximum absolute atomic E-state index is 12.6. The molecule has 4 rings (SSSR count). The number of nitrogens with zero attached hydrogens (tertiary/aromatic N) is 2. The lowest BCUT2D eigenvalue weighted by Crippen LogP contribution is -2.29. The fourth-order valence-corrected chi connectivity index (χ4v) is 3.12. The molecule has 28 heavy (non-hydrogen) atoms. The van der Waals surface area contributed by atoms with Crippen LogP contribution in [0.3, 0.4) is 0 Å². The number of benzene rings is 2.